The minimum Gasteiger partial charge on any atom is -0.484 e. The van der Waals surface area contributed by atoms with Crippen LogP contribution in [0, 0.1) is 12.8 Å². The van der Waals surface area contributed by atoms with E-state index in [4.69, 9.17) is 4.74 Å². The van der Waals surface area contributed by atoms with Crippen LogP contribution in [0.25, 0.3) is 0 Å². The molecular weight excluding hydrogens is 336 g/mol. The topological polar surface area (TPSA) is 41.6 Å². The molecule has 0 unspecified atom stereocenters. The number of nitrogens with zero attached hydrogens (tertiary/aromatic N) is 1. The van der Waals surface area contributed by atoms with Gasteiger partial charge in [-0.05, 0) is 68.5 Å². The highest BCUT2D eigenvalue weighted by Crippen LogP contribution is 2.17. The molecule has 2 aromatic carbocycles. The maximum atomic E-state index is 12.0. The third-order valence-corrected chi connectivity index (χ3v) is 5.21. The summed E-state index contributed by atoms with van der Waals surface area (Å²) in [6.07, 6.45) is 3.40. The molecule has 3 rings (SSSR count). The van der Waals surface area contributed by atoms with E-state index < -0.39 is 0 Å². The Morgan fingerprint density at radius 1 is 1.11 bits per heavy atom. The molecule has 0 spiro atoms. The van der Waals surface area contributed by atoms with E-state index in [9.17, 15) is 4.79 Å². The van der Waals surface area contributed by atoms with Crippen LogP contribution >= 0.6 is 0 Å². The van der Waals surface area contributed by atoms with Gasteiger partial charge in [-0.2, -0.15) is 0 Å². The van der Waals surface area contributed by atoms with Crippen LogP contribution in [0.4, 0.5) is 0 Å². The minimum atomic E-state index is -0.0389. The molecule has 1 N–H and O–H groups in total. The number of carbonyl (C=O) groups is 1. The van der Waals surface area contributed by atoms with Gasteiger partial charge in [-0.1, -0.05) is 42.5 Å². The molecule has 1 amide bonds. The van der Waals surface area contributed by atoms with Gasteiger partial charge in [0.1, 0.15) is 5.75 Å². The van der Waals surface area contributed by atoms with E-state index in [2.05, 4.69) is 40.5 Å². The lowest BCUT2D eigenvalue weighted by Crippen LogP contribution is -2.40. The number of amides is 1. The minimum absolute atomic E-state index is 0.0389. The zero-order chi connectivity index (χ0) is 18.9. The molecule has 144 valence electrons. The molecule has 2 aromatic rings. The van der Waals surface area contributed by atoms with Gasteiger partial charge in [-0.25, -0.2) is 0 Å². The Morgan fingerprint density at radius 2 is 1.89 bits per heavy atom. The fourth-order valence-electron chi connectivity index (χ4n) is 3.51. The molecule has 0 bridgehead atoms. The van der Waals surface area contributed by atoms with Gasteiger partial charge in [-0.15, -0.1) is 0 Å². The van der Waals surface area contributed by atoms with E-state index >= 15 is 0 Å². The van der Waals surface area contributed by atoms with Crippen LogP contribution in [0.15, 0.2) is 54.6 Å². The zero-order valence-electron chi connectivity index (χ0n) is 16.2. The van der Waals surface area contributed by atoms with Crippen molar-refractivity contribution in [2.45, 2.75) is 26.2 Å². The highest BCUT2D eigenvalue weighted by atomic mass is 16.5. The number of rotatable bonds is 8. The normalized spacial score (nSPS) is 15.4. The van der Waals surface area contributed by atoms with Gasteiger partial charge in [0.15, 0.2) is 6.61 Å². The summed E-state index contributed by atoms with van der Waals surface area (Å²) in [7, 11) is 0. The number of hydrogen-bond acceptors (Lipinski definition) is 3. The Morgan fingerprint density at radius 3 is 2.63 bits per heavy atom. The second kappa shape index (κ2) is 10.1. The fraction of sp³-hybridized carbons (Fsp3) is 0.435. The first kappa shape index (κ1) is 19.4. The van der Waals surface area contributed by atoms with E-state index in [0.717, 1.165) is 56.8 Å². The monoisotopic (exact) mass is 366 g/mol. The van der Waals surface area contributed by atoms with Crippen molar-refractivity contribution in [3.05, 3.63) is 65.7 Å². The number of piperidine rings is 1. The van der Waals surface area contributed by atoms with E-state index in [1.807, 2.05) is 31.2 Å². The number of likely N-dealkylation sites (tertiary alicyclic amines) is 1. The zero-order valence-corrected chi connectivity index (χ0v) is 16.2. The average molecular weight is 367 g/mol. The third-order valence-electron chi connectivity index (χ3n) is 5.21. The smallest absolute Gasteiger partial charge is 0.257 e. The average Bonchev–Trinajstić information content (AvgIpc) is 2.71. The largest absolute Gasteiger partial charge is 0.484 e. The van der Waals surface area contributed by atoms with Gasteiger partial charge in [-0.3, -0.25) is 4.79 Å². The maximum absolute atomic E-state index is 12.0. The van der Waals surface area contributed by atoms with Crippen molar-refractivity contribution in [2.24, 2.45) is 5.92 Å². The van der Waals surface area contributed by atoms with E-state index in [1.165, 1.54) is 5.56 Å². The third kappa shape index (κ3) is 6.72. The summed E-state index contributed by atoms with van der Waals surface area (Å²) in [5.74, 6) is 1.28. The summed E-state index contributed by atoms with van der Waals surface area (Å²) in [5.41, 5.74) is 2.53. The summed E-state index contributed by atoms with van der Waals surface area (Å²) in [6.45, 7) is 6.20. The van der Waals surface area contributed by atoms with Crippen LogP contribution in [-0.2, 0) is 11.2 Å². The van der Waals surface area contributed by atoms with Gasteiger partial charge >= 0.3 is 0 Å². The predicted octanol–water partition coefficient (Wildman–Crippen LogP) is 3.44. The molecule has 27 heavy (non-hydrogen) atoms. The molecule has 1 fully saturated rings. The lowest BCUT2D eigenvalue weighted by molar-refractivity contribution is -0.123. The van der Waals surface area contributed by atoms with Gasteiger partial charge < -0.3 is 15.0 Å². The first-order valence-electron chi connectivity index (χ1n) is 9.91. The molecule has 4 heteroatoms. The molecule has 0 radical (unpaired) electrons. The Bertz CT molecular complexity index is 709. The Labute approximate surface area is 162 Å². The van der Waals surface area contributed by atoms with Crippen LogP contribution in [0.5, 0.6) is 5.75 Å². The summed E-state index contributed by atoms with van der Waals surface area (Å²) < 4.78 is 5.56. The highest BCUT2D eigenvalue weighted by Gasteiger charge is 2.19. The predicted molar refractivity (Wildman–Crippen MR) is 109 cm³/mol. The van der Waals surface area contributed by atoms with Crippen molar-refractivity contribution in [1.82, 2.24) is 10.2 Å². The van der Waals surface area contributed by atoms with Gasteiger partial charge in [0, 0.05) is 13.1 Å². The lowest BCUT2D eigenvalue weighted by Gasteiger charge is -2.32. The summed E-state index contributed by atoms with van der Waals surface area (Å²) >= 11 is 0. The number of benzene rings is 2. The van der Waals surface area contributed by atoms with Crippen molar-refractivity contribution in [1.29, 1.82) is 0 Å². The Balaban J connectivity index is 1.29. The molecule has 0 aromatic heterocycles. The number of nitrogens with one attached hydrogen (secondary N) is 1. The number of hydrogen-bond donors (Lipinski definition) is 1. The fourth-order valence-corrected chi connectivity index (χ4v) is 3.51. The first-order chi connectivity index (χ1) is 13.2. The van der Waals surface area contributed by atoms with Crippen molar-refractivity contribution in [3.63, 3.8) is 0 Å². The lowest BCUT2D eigenvalue weighted by atomic mass is 9.96. The molecule has 4 nitrogen and oxygen atoms in total. The van der Waals surface area contributed by atoms with Crippen LogP contribution < -0.4 is 10.1 Å². The molecule has 1 saturated heterocycles. The summed E-state index contributed by atoms with van der Waals surface area (Å²) in [5, 5.41) is 3.03. The van der Waals surface area contributed by atoms with E-state index in [-0.39, 0.29) is 12.5 Å². The van der Waals surface area contributed by atoms with E-state index in [1.54, 1.807) is 0 Å². The molecule has 0 saturated carbocycles. The molecule has 0 aliphatic carbocycles. The molecular formula is C23H30N2O2. The van der Waals surface area contributed by atoms with Crippen molar-refractivity contribution in [3.8, 4) is 5.75 Å². The molecule has 1 aliphatic rings. The number of ether oxygens (including phenoxy) is 1. The van der Waals surface area contributed by atoms with Crippen LogP contribution in [0.2, 0.25) is 0 Å². The van der Waals surface area contributed by atoms with Crippen LogP contribution in [0.1, 0.15) is 24.0 Å². The van der Waals surface area contributed by atoms with Crippen molar-refractivity contribution < 1.29 is 9.53 Å². The van der Waals surface area contributed by atoms with Crippen molar-refractivity contribution >= 4 is 5.91 Å². The van der Waals surface area contributed by atoms with Crippen LogP contribution in [-0.4, -0.2) is 43.6 Å². The standard InChI is InChI=1S/C23H30N2O2/c1-19-6-5-9-22(16-19)27-18-23(26)24-17-21-11-14-25(15-12-21)13-10-20-7-3-2-4-8-20/h2-9,16,21H,10-15,17-18H2,1H3,(H,24,26). The maximum Gasteiger partial charge on any atom is 0.257 e. The highest BCUT2D eigenvalue weighted by molar-refractivity contribution is 5.77. The van der Waals surface area contributed by atoms with Gasteiger partial charge in [0.25, 0.3) is 5.91 Å². The second-order valence-corrected chi connectivity index (χ2v) is 7.43. The number of aryl methyl sites for hydroxylation is 1. The first-order valence-corrected chi connectivity index (χ1v) is 9.91. The second-order valence-electron chi connectivity index (χ2n) is 7.43. The molecule has 0 atom stereocenters. The number of carbonyl (C=O) groups excluding carboxylic acids is 1. The van der Waals surface area contributed by atoms with Crippen LogP contribution in [0.3, 0.4) is 0 Å². The Hall–Kier alpha value is -2.33. The van der Waals surface area contributed by atoms with Gasteiger partial charge in [0.05, 0.1) is 0 Å². The van der Waals surface area contributed by atoms with Crippen molar-refractivity contribution in [2.75, 3.05) is 32.8 Å². The molecule has 1 aliphatic heterocycles. The summed E-state index contributed by atoms with van der Waals surface area (Å²) in [6, 6.07) is 18.4. The summed E-state index contributed by atoms with van der Waals surface area (Å²) in [4.78, 5) is 14.6. The SMILES string of the molecule is Cc1cccc(OCC(=O)NCC2CCN(CCc3ccccc3)CC2)c1. The molecule has 1 heterocycles. The quantitative estimate of drug-likeness (QED) is 0.778. The Kier molecular flexibility index (Phi) is 7.28. The van der Waals surface area contributed by atoms with Gasteiger partial charge in [0.2, 0.25) is 0 Å². The van der Waals surface area contributed by atoms with E-state index in [0.29, 0.717) is 5.92 Å².